The molecule has 10 heavy (non-hydrogen) atoms. The van der Waals surface area contributed by atoms with Crippen LogP contribution in [0.25, 0.3) is 0 Å². The van der Waals surface area contributed by atoms with E-state index in [1.165, 1.54) is 37.4 Å². The molecule has 0 bridgehead atoms. The van der Waals surface area contributed by atoms with E-state index in [0.29, 0.717) is 0 Å². The summed E-state index contributed by atoms with van der Waals surface area (Å²) in [7, 11) is 0. The Bertz CT molecular complexity index is 61.7. The largest absolute Gasteiger partial charge is 0.0925 e. The number of rotatable bonds is 6. The quantitative estimate of drug-likeness (QED) is 0.577. The van der Waals surface area contributed by atoms with Crippen molar-refractivity contribution in [3.05, 3.63) is 0 Å². The van der Waals surface area contributed by atoms with E-state index in [1.54, 1.807) is 0 Å². The highest BCUT2D eigenvalue weighted by Gasteiger charge is 2.03. The van der Waals surface area contributed by atoms with E-state index in [1.807, 2.05) is 0 Å². The minimum absolute atomic E-state index is 0.935. The molecule has 0 fully saturated rings. The van der Waals surface area contributed by atoms with E-state index in [0.717, 1.165) is 5.92 Å². The van der Waals surface area contributed by atoms with Crippen molar-refractivity contribution >= 4 is 15.9 Å². The molecule has 0 nitrogen and oxygen atoms in total. The van der Waals surface area contributed by atoms with Gasteiger partial charge in [0.1, 0.15) is 0 Å². The van der Waals surface area contributed by atoms with E-state index in [9.17, 15) is 0 Å². The summed E-state index contributed by atoms with van der Waals surface area (Å²) in [5, 5.41) is 1.20. The molecule has 1 unspecified atom stereocenters. The Balaban J connectivity index is 3.21. The van der Waals surface area contributed by atoms with Gasteiger partial charge in [-0.15, -0.1) is 0 Å². The summed E-state index contributed by atoms with van der Waals surface area (Å²) in [4.78, 5) is 0. The second-order valence-electron chi connectivity index (χ2n) is 2.95. The highest BCUT2D eigenvalue weighted by molar-refractivity contribution is 9.09. The standard InChI is InChI=1S/C9H19Br/c1-3-5-7-9(8-10)6-4-2/h9H,3-8H2,1-2H3. The maximum absolute atomic E-state index is 3.55. The van der Waals surface area contributed by atoms with Crippen molar-refractivity contribution in [2.75, 3.05) is 5.33 Å². The first-order valence-corrected chi connectivity index (χ1v) is 5.53. The average molecular weight is 207 g/mol. The third kappa shape index (κ3) is 5.28. The van der Waals surface area contributed by atoms with Crippen LogP contribution in [-0.2, 0) is 0 Å². The van der Waals surface area contributed by atoms with E-state index in [-0.39, 0.29) is 0 Å². The molecule has 0 aliphatic rings. The molecule has 0 aliphatic heterocycles. The number of unbranched alkanes of at least 4 members (excludes halogenated alkanes) is 1. The van der Waals surface area contributed by atoms with Crippen LogP contribution in [0.3, 0.4) is 0 Å². The fraction of sp³-hybridized carbons (Fsp3) is 1.00. The second-order valence-corrected chi connectivity index (χ2v) is 3.60. The van der Waals surface area contributed by atoms with Gasteiger partial charge in [0, 0.05) is 5.33 Å². The Hall–Kier alpha value is 0.480. The molecule has 0 rings (SSSR count). The Kier molecular flexibility index (Phi) is 7.95. The summed E-state index contributed by atoms with van der Waals surface area (Å²) in [5.74, 6) is 0.935. The molecule has 0 aromatic carbocycles. The Morgan fingerprint density at radius 3 is 2.20 bits per heavy atom. The van der Waals surface area contributed by atoms with E-state index < -0.39 is 0 Å². The van der Waals surface area contributed by atoms with Crippen LogP contribution in [0.4, 0.5) is 0 Å². The molecule has 0 spiro atoms. The Labute approximate surface area is 73.5 Å². The number of alkyl halides is 1. The van der Waals surface area contributed by atoms with Crippen LogP contribution in [0.5, 0.6) is 0 Å². The molecule has 62 valence electrons. The zero-order valence-electron chi connectivity index (χ0n) is 7.20. The molecule has 1 heteroatoms. The lowest BCUT2D eigenvalue weighted by Gasteiger charge is -2.10. The first-order chi connectivity index (χ1) is 4.85. The molecule has 0 saturated carbocycles. The molecule has 1 atom stereocenters. The van der Waals surface area contributed by atoms with Gasteiger partial charge in [0.25, 0.3) is 0 Å². The van der Waals surface area contributed by atoms with Crippen LogP contribution in [0.15, 0.2) is 0 Å². The van der Waals surface area contributed by atoms with Crippen LogP contribution in [0.2, 0.25) is 0 Å². The molecule has 0 saturated heterocycles. The van der Waals surface area contributed by atoms with Crippen LogP contribution in [0.1, 0.15) is 46.0 Å². The highest BCUT2D eigenvalue weighted by Crippen LogP contribution is 2.16. The zero-order valence-corrected chi connectivity index (χ0v) is 8.78. The Morgan fingerprint density at radius 2 is 1.80 bits per heavy atom. The van der Waals surface area contributed by atoms with Crippen molar-refractivity contribution in [1.82, 2.24) is 0 Å². The fourth-order valence-corrected chi connectivity index (χ4v) is 1.85. The number of hydrogen-bond donors (Lipinski definition) is 0. The molecule has 0 amide bonds. The van der Waals surface area contributed by atoms with Crippen molar-refractivity contribution in [2.24, 2.45) is 5.92 Å². The summed E-state index contributed by atoms with van der Waals surface area (Å²) in [5.41, 5.74) is 0. The van der Waals surface area contributed by atoms with E-state index in [2.05, 4.69) is 29.8 Å². The smallest absolute Gasteiger partial charge is 0.00596 e. The molecular formula is C9H19Br. The van der Waals surface area contributed by atoms with Gasteiger partial charge in [0.05, 0.1) is 0 Å². The van der Waals surface area contributed by atoms with Crippen molar-refractivity contribution < 1.29 is 0 Å². The van der Waals surface area contributed by atoms with Crippen LogP contribution < -0.4 is 0 Å². The van der Waals surface area contributed by atoms with Gasteiger partial charge in [-0.25, -0.2) is 0 Å². The summed E-state index contributed by atoms with van der Waals surface area (Å²) in [6.45, 7) is 4.53. The summed E-state index contributed by atoms with van der Waals surface area (Å²) >= 11 is 3.55. The molecular weight excluding hydrogens is 188 g/mol. The maximum Gasteiger partial charge on any atom is 0.00596 e. The van der Waals surface area contributed by atoms with Crippen LogP contribution in [0, 0.1) is 5.92 Å². The van der Waals surface area contributed by atoms with Gasteiger partial charge in [-0.1, -0.05) is 49.0 Å². The van der Waals surface area contributed by atoms with Crippen molar-refractivity contribution in [3.63, 3.8) is 0 Å². The third-order valence-electron chi connectivity index (χ3n) is 1.88. The van der Waals surface area contributed by atoms with Crippen molar-refractivity contribution in [3.8, 4) is 0 Å². The van der Waals surface area contributed by atoms with Gasteiger partial charge in [0.2, 0.25) is 0 Å². The van der Waals surface area contributed by atoms with E-state index in [4.69, 9.17) is 0 Å². The lowest BCUT2D eigenvalue weighted by atomic mass is 10.00. The minimum atomic E-state index is 0.935. The minimum Gasteiger partial charge on any atom is -0.0925 e. The van der Waals surface area contributed by atoms with Gasteiger partial charge in [-0.05, 0) is 18.8 Å². The molecule has 0 aromatic rings. The summed E-state index contributed by atoms with van der Waals surface area (Å²) < 4.78 is 0. The van der Waals surface area contributed by atoms with Gasteiger partial charge in [0.15, 0.2) is 0 Å². The molecule has 0 N–H and O–H groups in total. The van der Waals surface area contributed by atoms with Crippen molar-refractivity contribution in [2.45, 2.75) is 46.0 Å². The predicted octanol–water partition coefficient (Wildman–Crippen LogP) is 3.99. The topological polar surface area (TPSA) is 0 Å². The van der Waals surface area contributed by atoms with Gasteiger partial charge < -0.3 is 0 Å². The monoisotopic (exact) mass is 206 g/mol. The summed E-state index contributed by atoms with van der Waals surface area (Å²) in [6, 6.07) is 0. The normalized spacial score (nSPS) is 13.5. The maximum atomic E-state index is 3.55. The van der Waals surface area contributed by atoms with Crippen LogP contribution >= 0.6 is 15.9 Å². The van der Waals surface area contributed by atoms with Gasteiger partial charge in [-0.2, -0.15) is 0 Å². The molecule has 0 aromatic heterocycles. The first kappa shape index (κ1) is 10.5. The molecule has 0 radical (unpaired) electrons. The van der Waals surface area contributed by atoms with Gasteiger partial charge >= 0.3 is 0 Å². The number of halogens is 1. The van der Waals surface area contributed by atoms with Crippen LogP contribution in [-0.4, -0.2) is 5.33 Å². The van der Waals surface area contributed by atoms with Gasteiger partial charge in [-0.3, -0.25) is 0 Å². The highest BCUT2D eigenvalue weighted by atomic mass is 79.9. The average Bonchev–Trinajstić information content (AvgIpc) is 1.98. The fourth-order valence-electron chi connectivity index (χ4n) is 1.20. The third-order valence-corrected chi connectivity index (χ3v) is 2.80. The lowest BCUT2D eigenvalue weighted by Crippen LogP contribution is -2.00. The van der Waals surface area contributed by atoms with E-state index >= 15 is 0 Å². The predicted molar refractivity (Wildman–Crippen MR) is 51.7 cm³/mol. The Morgan fingerprint density at radius 1 is 1.10 bits per heavy atom. The zero-order chi connectivity index (χ0) is 7.82. The SMILES string of the molecule is CCCCC(CBr)CCC. The summed E-state index contributed by atoms with van der Waals surface area (Å²) in [6.07, 6.45) is 6.88. The first-order valence-electron chi connectivity index (χ1n) is 4.41. The van der Waals surface area contributed by atoms with Crippen molar-refractivity contribution in [1.29, 1.82) is 0 Å². The second kappa shape index (κ2) is 7.59. The molecule has 0 heterocycles. The lowest BCUT2D eigenvalue weighted by molar-refractivity contribution is 0.476. The molecule has 0 aliphatic carbocycles. The number of hydrogen-bond acceptors (Lipinski definition) is 0.